The number of nitriles is 1. The second-order valence-corrected chi connectivity index (χ2v) is 12.0. The largest absolute Gasteiger partial charge is 0.409 e. The number of carbonyl (C=O) groups excluding carboxylic acids is 1. The Balaban J connectivity index is 2.45. The van der Waals surface area contributed by atoms with Crippen LogP contribution < -0.4 is 0 Å². The Morgan fingerprint density at radius 3 is 2.57 bits per heavy atom. The van der Waals surface area contributed by atoms with Gasteiger partial charge in [-0.1, -0.05) is 32.9 Å². The molecule has 1 aliphatic carbocycles. The second-order valence-electron chi connectivity index (χ2n) is 7.29. The number of hydrogen-bond acceptors (Lipinski definition) is 3. The highest BCUT2D eigenvalue weighted by molar-refractivity contribution is 6.74. The number of nitrogens with zero attached hydrogens (tertiary/aromatic N) is 1. The molecular weight excluding hydrogens is 278 g/mol. The lowest BCUT2D eigenvalue weighted by Gasteiger charge is -2.39. The minimum atomic E-state index is -2.00. The van der Waals surface area contributed by atoms with Gasteiger partial charge in [-0.05, 0) is 36.2 Å². The van der Waals surface area contributed by atoms with Crippen molar-refractivity contribution in [3.63, 3.8) is 0 Å². The maximum Gasteiger partial charge on any atom is 0.192 e. The lowest BCUT2D eigenvalue weighted by atomic mass is 10.0. The summed E-state index contributed by atoms with van der Waals surface area (Å²) in [4.78, 5) is 11.5. The first-order valence-electron chi connectivity index (χ1n) is 7.36. The Labute approximate surface area is 128 Å². The number of benzene rings is 1. The third kappa shape index (κ3) is 2.81. The van der Waals surface area contributed by atoms with E-state index in [0.29, 0.717) is 12.0 Å². The Bertz CT molecular complexity index is 596. The molecule has 21 heavy (non-hydrogen) atoms. The molecule has 0 radical (unpaired) electrons. The van der Waals surface area contributed by atoms with E-state index in [9.17, 15) is 10.1 Å². The average molecular weight is 301 g/mol. The first-order valence-corrected chi connectivity index (χ1v) is 10.3. The molecule has 112 valence electrons. The van der Waals surface area contributed by atoms with Gasteiger partial charge in [0.1, 0.15) is 6.29 Å². The summed E-state index contributed by atoms with van der Waals surface area (Å²) in [6.45, 7) is 10.9. The fraction of sp³-hybridized carbons (Fsp3) is 0.529. The topological polar surface area (TPSA) is 50.1 Å². The first kappa shape index (κ1) is 15.9. The third-order valence-electron chi connectivity index (χ3n) is 4.85. The predicted octanol–water partition coefficient (Wildman–Crippen LogP) is 3.99. The number of hydrogen-bond donors (Lipinski definition) is 0. The van der Waals surface area contributed by atoms with E-state index in [4.69, 9.17) is 4.43 Å². The van der Waals surface area contributed by atoms with E-state index in [1.54, 1.807) is 0 Å². The van der Waals surface area contributed by atoms with Gasteiger partial charge in [-0.15, -0.1) is 0 Å². The Kier molecular flexibility index (Phi) is 4.10. The van der Waals surface area contributed by atoms with Crippen LogP contribution in [0.2, 0.25) is 18.1 Å². The van der Waals surface area contributed by atoms with Crippen LogP contribution in [0.4, 0.5) is 0 Å². The molecule has 0 fully saturated rings. The van der Waals surface area contributed by atoms with Crippen molar-refractivity contribution >= 4 is 14.6 Å². The molecule has 1 aromatic rings. The van der Waals surface area contributed by atoms with Crippen LogP contribution in [0.15, 0.2) is 18.2 Å². The minimum absolute atomic E-state index is 0.0742. The van der Waals surface area contributed by atoms with Gasteiger partial charge in [0.15, 0.2) is 8.32 Å². The molecule has 0 bridgehead atoms. The van der Waals surface area contributed by atoms with Crippen LogP contribution in [0.5, 0.6) is 0 Å². The SMILES string of the molecule is CC(C)(C)[Si](C)(C)O[C@H]1c2c(C#N)cccc2C[C@@H]1C=O. The fourth-order valence-corrected chi connectivity index (χ4v) is 3.84. The summed E-state index contributed by atoms with van der Waals surface area (Å²) in [6, 6.07) is 7.94. The standard InChI is InChI=1S/C17H23NO2Si/c1-17(2,3)21(4,5)20-16-14(11-19)9-12-7-6-8-13(10-18)15(12)16/h6-8,11,14,16H,9H2,1-5H3/t14-,16-/m1/s1. The van der Waals surface area contributed by atoms with Gasteiger partial charge in [0, 0.05) is 11.5 Å². The van der Waals surface area contributed by atoms with Crippen LogP contribution in [0.3, 0.4) is 0 Å². The van der Waals surface area contributed by atoms with E-state index in [2.05, 4.69) is 39.9 Å². The third-order valence-corrected chi connectivity index (χ3v) is 9.30. The van der Waals surface area contributed by atoms with E-state index in [0.717, 1.165) is 17.4 Å². The van der Waals surface area contributed by atoms with Crippen molar-refractivity contribution in [2.75, 3.05) is 0 Å². The normalized spacial score (nSPS) is 21.7. The Hall–Kier alpha value is -1.44. The van der Waals surface area contributed by atoms with Gasteiger partial charge >= 0.3 is 0 Å². The zero-order valence-corrected chi connectivity index (χ0v) is 14.4. The van der Waals surface area contributed by atoms with Crippen molar-refractivity contribution < 1.29 is 9.22 Å². The summed E-state index contributed by atoms with van der Waals surface area (Å²) in [5, 5.41) is 9.43. The van der Waals surface area contributed by atoms with Crippen LogP contribution in [0, 0.1) is 17.2 Å². The highest BCUT2D eigenvalue weighted by atomic mass is 28.4. The van der Waals surface area contributed by atoms with E-state index in [1.165, 1.54) is 0 Å². The van der Waals surface area contributed by atoms with Crippen molar-refractivity contribution in [2.24, 2.45) is 5.92 Å². The molecule has 0 aliphatic heterocycles. The van der Waals surface area contributed by atoms with Crippen LogP contribution in [0.25, 0.3) is 0 Å². The van der Waals surface area contributed by atoms with Gasteiger partial charge < -0.3 is 9.22 Å². The van der Waals surface area contributed by atoms with E-state index in [-0.39, 0.29) is 17.1 Å². The number of fused-ring (bicyclic) bond motifs is 1. The molecule has 2 atom stereocenters. The molecule has 1 aliphatic rings. The van der Waals surface area contributed by atoms with Crippen molar-refractivity contribution in [2.45, 2.75) is 51.4 Å². The quantitative estimate of drug-likeness (QED) is 0.626. The number of aldehydes is 1. The van der Waals surface area contributed by atoms with Crippen LogP contribution >= 0.6 is 0 Å². The molecule has 2 rings (SSSR count). The van der Waals surface area contributed by atoms with Gasteiger partial charge in [0.2, 0.25) is 0 Å². The van der Waals surface area contributed by atoms with Crippen molar-refractivity contribution in [3.05, 3.63) is 34.9 Å². The molecule has 4 heteroatoms. The van der Waals surface area contributed by atoms with Crippen molar-refractivity contribution in [1.29, 1.82) is 5.26 Å². The molecular formula is C17H23NO2Si. The van der Waals surface area contributed by atoms with Crippen molar-refractivity contribution in [1.82, 2.24) is 0 Å². The highest BCUT2D eigenvalue weighted by Crippen LogP contribution is 2.46. The summed E-state index contributed by atoms with van der Waals surface area (Å²) in [6.07, 6.45) is 1.39. The van der Waals surface area contributed by atoms with Gasteiger partial charge in [-0.2, -0.15) is 5.26 Å². The van der Waals surface area contributed by atoms with E-state index in [1.807, 2.05) is 18.2 Å². The average Bonchev–Trinajstić information content (AvgIpc) is 2.75. The zero-order valence-electron chi connectivity index (χ0n) is 13.4. The molecule has 0 aromatic heterocycles. The smallest absolute Gasteiger partial charge is 0.192 e. The monoisotopic (exact) mass is 301 g/mol. The molecule has 0 N–H and O–H groups in total. The number of carbonyl (C=O) groups is 1. The Morgan fingerprint density at radius 1 is 1.38 bits per heavy atom. The molecule has 0 saturated heterocycles. The summed E-state index contributed by atoms with van der Waals surface area (Å²) in [5.41, 5.74) is 2.65. The minimum Gasteiger partial charge on any atom is -0.409 e. The lowest BCUT2D eigenvalue weighted by molar-refractivity contribution is -0.113. The molecule has 0 unspecified atom stereocenters. The van der Waals surface area contributed by atoms with Gasteiger partial charge in [-0.3, -0.25) is 0 Å². The van der Waals surface area contributed by atoms with Gasteiger partial charge in [-0.25, -0.2) is 0 Å². The van der Waals surface area contributed by atoms with Crippen LogP contribution in [-0.4, -0.2) is 14.6 Å². The highest BCUT2D eigenvalue weighted by Gasteiger charge is 2.44. The van der Waals surface area contributed by atoms with Gasteiger partial charge in [0.05, 0.1) is 17.7 Å². The summed E-state index contributed by atoms with van der Waals surface area (Å²) >= 11 is 0. The second kappa shape index (κ2) is 5.40. The number of rotatable bonds is 3. The first-order chi connectivity index (χ1) is 9.71. The molecule has 3 nitrogen and oxygen atoms in total. The fourth-order valence-electron chi connectivity index (χ4n) is 2.56. The lowest BCUT2D eigenvalue weighted by Crippen LogP contribution is -2.42. The molecule has 0 amide bonds. The maximum atomic E-state index is 11.5. The summed E-state index contributed by atoms with van der Waals surface area (Å²) in [5.74, 6) is -0.177. The van der Waals surface area contributed by atoms with Crippen LogP contribution in [-0.2, 0) is 15.6 Å². The summed E-state index contributed by atoms with van der Waals surface area (Å²) < 4.78 is 6.49. The predicted molar refractivity (Wildman–Crippen MR) is 85.4 cm³/mol. The van der Waals surface area contributed by atoms with Gasteiger partial charge in [0.25, 0.3) is 0 Å². The zero-order chi connectivity index (χ0) is 15.8. The van der Waals surface area contributed by atoms with E-state index >= 15 is 0 Å². The molecule has 0 spiro atoms. The Morgan fingerprint density at radius 2 is 2.05 bits per heavy atom. The summed E-state index contributed by atoms with van der Waals surface area (Å²) in [7, 11) is -2.00. The van der Waals surface area contributed by atoms with E-state index < -0.39 is 8.32 Å². The molecule has 0 heterocycles. The molecule has 1 aromatic carbocycles. The van der Waals surface area contributed by atoms with Crippen molar-refractivity contribution in [3.8, 4) is 6.07 Å². The van der Waals surface area contributed by atoms with Crippen LogP contribution in [0.1, 0.15) is 43.6 Å². The maximum absolute atomic E-state index is 11.5. The molecule has 0 saturated carbocycles.